The number of anilines is 1. The number of nitrogens with zero attached hydrogens (tertiary/aromatic N) is 2. The molecule has 1 aliphatic heterocycles. The lowest BCUT2D eigenvalue weighted by molar-refractivity contribution is 0.0746. The van der Waals surface area contributed by atoms with Gasteiger partial charge < -0.3 is 15.1 Å². The van der Waals surface area contributed by atoms with Crippen molar-refractivity contribution in [1.29, 1.82) is 0 Å². The summed E-state index contributed by atoms with van der Waals surface area (Å²) >= 11 is 0. The molecule has 0 bridgehead atoms. The molecular weight excluding hydrogens is 345 g/mol. The summed E-state index contributed by atoms with van der Waals surface area (Å²) < 4.78 is 13.1. The third-order valence-corrected chi connectivity index (χ3v) is 5.07. The standard InChI is InChI=1S/C21H22FN3O2/c22-17-5-9-19(10-6-17)24-11-13-25(14-12-24)21(27)16-3-1-15(2-4-16)20(26)23-18-7-8-18/h1-6,9-10,18H,7-8,11-14H2,(H,23,26). The van der Waals surface area contributed by atoms with Gasteiger partial charge in [-0.2, -0.15) is 0 Å². The molecule has 0 aromatic heterocycles. The first-order valence-electron chi connectivity index (χ1n) is 9.31. The van der Waals surface area contributed by atoms with E-state index in [1.165, 1.54) is 12.1 Å². The van der Waals surface area contributed by atoms with Gasteiger partial charge >= 0.3 is 0 Å². The number of carbonyl (C=O) groups is 2. The zero-order valence-corrected chi connectivity index (χ0v) is 15.0. The van der Waals surface area contributed by atoms with Crippen molar-refractivity contribution < 1.29 is 14.0 Å². The van der Waals surface area contributed by atoms with Gasteiger partial charge in [0.25, 0.3) is 11.8 Å². The number of piperazine rings is 1. The van der Waals surface area contributed by atoms with E-state index < -0.39 is 0 Å². The van der Waals surface area contributed by atoms with Crippen LogP contribution in [0.3, 0.4) is 0 Å². The molecule has 1 aliphatic carbocycles. The van der Waals surface area contributed by atoms with Crippen LogP contribution in [-0.2, 0) is 0 Å². The molecule has 1 saturated heterocycles. The highest BCUT2D eigenvalue weighted by Gasteiger charge is 2.25. The van der Waals surface area contributed by atoms with Gasteiger partial charge in [-0.3, -0.25) is 9.59 Å². The first-order valence-corrected chi connectivity index (χ1v) is 9.31. The third-order valence-electron chi connectivity index (χ3n) is 5.07. The van der Waals surface area contributed by atoms with Crippen molar-refractivity contribution in [2.75, 3.05) is 31.1 Å². The maximum Gasteiger partial charge on any atom is 0.253 e. The van der Waals surface area contributed by atoms with E-state index in [1.54, 1.807) is 36.4 Å². The lowest BCUT2D eigenvalue weighted by atomic mass is 10.1. The molecule has 6 heteroatoms. The van der Waals surface area contributed by atoms with Crippen molar-refractivity contribution in [3.05, 3.63) is 65.5 Å². The van der Waals surface area contributed by atoms with E-state index in [2.05, 4.69) is 10.2 Å². The Balaban J connectivity index is 1.34. The summed E-state index contributed by atoms with van der Waals surface area (Å²) in [6.45, 7) is 2.64. The van der Waals surface area contributed by atoms with E-state index in [0.717, 1.165) is 18.5 Å². The molecule has 140 valence electrons. The largest absolute Gasteiger partial charge is 0.368 e. The number of halogens is 1. The minimum absolute atomic E-state index is 0.0251. The summed E-state index contributed by atoms with van der Waals surface area (Å²) in [5.41, 5.74) is 2.14. The first kappa shape index (κ1) is 17.5. The van der Waals surface area contributed by atoms with Crippen LogP contribution in [-0.4, -0.2) is 48.9 Å². The minimum Gasteiger partial charge on any atom is -0.368 e. The predicted molar refractivity (Wildman–Crippen MR) is 101 cm³/mol. The summed E-state index contributed by atoms with van der Waals surface area (Å²) in [6, 6.07) is 13.6. The molecule has 0 radical (unpaired) electrons. The maximum absolute atomic E-state index is 13.1. The van der Waals surface area contributed by atoms with Gasteiger partial charge in [-0.15, -0.1) is 0 Å². The van der Waals surface area contributed by atoms with Crippen LogP contribution >= 0.6 is 0 Å². The lowest BCUT2D eigenvalue weighted by Crippen LogP contribution is -2.48. The van der Waals surface area contributed by atoms with E-state index in [9.17, 15) is 14.0 Å². The average molecular weight is 367 g/mol. The SMILES string of the molecule is O=C(NC1CC1)c1ccc(C(=O)N2CCN(c3ccc(F)cc3)CC2)cc1. The van der Waals surface area contributed by atoms with E-state index >= 15 is 0 Å². The lowest BCUT2D eigenvalue weighted by Gasteiger charge is -2.36. The zero-order chi connectivity index (χ0) is 18.8. The second-order valence-electron chi connectivity index (χ2n) is 7.08. The Bertz CT molecular complexity index is 824. The van der Waals surface area contributed by atoms with Crippen molar-refractivity contribution >= 4 is 17.5 Å². The van der Waals surface area contributed by atoms with Gasteiger partial charge in [-0.1, -0.05) is 0 Å². The van der Waals surface area contributed by atoms with Crippen molar-refractivity contribution in [2.45, 2.75) is 18.9 Å². The molecule has 27 heavy (non-hydrogen) atoms. The molecule has 2 aromatic carbocycles. The van der Waals surface area contributed by atoms with E-state index in [4.69, 9.17) is 0 Å². The molecule has 1 heterocycles. The maximum atomic E-state index is 13.1. The molecule has 5 nitrogen and oxygen atoms in total. The summed E-state index contributed by atoms with van der Waals surface area (Å²) in [6.07, 6.45) is 2.10. The van der Waals surface area contributed by atoms with Gasteiger partial charge in [0.1, 0.15) is 5.82 Å². The van der Waals surface area contributed by atoms with Gasteiger partial charge in [0.15, 0.2) is 0 Å². The second kappa shape index (κ2) is 7.39. The number of hydrogen-bond acceptors (Lipinski definition) is 3. The number of nitrogens with one attached hydrogen (secondary N) is 1. The highest BCUT2D eigenvalue weighted by molar-refractivity contribution is 5.98. The molecule has 2 aromatic rings. The second-order valence-corrected chi connectivity index (χ2v) is 7.08. The smallest absolute Gasteiger partial charge is 0.253 e. The number of benzene rings is 2. The molecule has 0 atom stereocenters. The van der Waals surface area contributed by atoms with Crippen LogP contribution in [0.25, 0.3) is 0 Å². The Kier molecular flexibility index (Phi) is 4.79. The summed E-state index contributed by atoms with van der Waals surface area (Å²) in [5, 5.41) is 2.94. The molecule has 2 aliphatic rings. The number of carbonyl (C=O) groups excluding carboxylic acids is 2. The Hall–Kier alpha value is -2.89. The van der Waals surface area contributed by atoms with Gasteiger partial charge in [-0.05, 0) is 61.4 Å². The topological polar surface area (TPSA) is 52.7 Å². The Morgan fingerprint density at radius 2 is 1.44 bits per heavy atom. The molecule has 2 fully saturated rings. The van der Waals surface area contributed by atoms with Crippen LogP contribution in [0.1, 0.15) is 33.6 Å². The van der Waals surface area contributed by atoms with Crippen LogP contribution < -0.4 is 10.2 Å². The fraction of sp³-hybridized carbons (Fsp3) is 0.333. The van der Waals surface area contributed by atoms with E-state index in [-0.39, 0.29) is 17.6 Å². The predicted octanol–water partition coefficient (Wildman–Crippen LogP) is 2.68. The number of amides is 2. The van der Waals surface area contributed by atoms with Crippen LogP contribution in [0.2, 0.25) is 0 Å². The summed E-state index contributed by atoms with van der Waals surface area (Å²) in [7, 11) is 0. The molecule has 1 N–H and O–H groups in total. The fourth-order valence-electron chi connectivity index (χ4n) is 3.26. The van der Waals surface area contributed by atoms with Crippen LogP contribution in [0.5, 0.6) is 0 Å². The monoisotopic (exact) mass is 367 g/mol. The van der Waals surface area contributed by atoms with Gasteiger partial charge in [0, 0.05) is 49.0 Å². The number of rotatable bonds is 4. The van der Waals surface area contributed by atoms with Gasteiger partial charge in [-0.25, -0.2) is 4.39 Å². The summed E-state index contributed by atoms with van der Waals surface area (Å²) in [4.78, 5) is 28.7. The molecular formula is C21H22FN3O2. The van der Waals surface area contributed by atoms with E-state index in [1.807, 2.05) is 4.90 Å². The molecule has 0 unspecified atom stereocenters. The Morgan fingerprint density at radius 3 is 2.04 bits per heavy atom. The molecule has 0 spiro atoms. The van der Waals surface area contributed by atoms with Gasteiger partial charge in [0.05, 0.1) is 0 Å². The van der Waals surface area contributed by atoms with E-state index in [0.29, 0.717) is 43.3 Å². The van der Waals surface area contributed by atoms with Crippen LogP contribution in [0.15, 0.2) is 48.5 Å². The van der Waals surface area contributed by atoms with Crippen molar-refractivity contribution in [3.63, 3.8) is 0 Å². The Labute approximate surface area is 157 Å². The fourth-order valence-corrected chi connectivity index (χ4v) is 3.26. The van der Waals surface area contributed by atoms with Crippen LogP contribution in [0.4, 0.5) is 10.1 Å². The van der Waals surface area contributed by atoms with Crippen molar-refractivity contribution in [3.8, 4) is 0 Å². The van der Waals surface area contributed by atoms with Crippen LogP contribution in [0, 0.1) is 5.82 Å². The minimum atomic E-state index is -0.248. The zero-order valence-electron chi connectivity index (χ0n) is 15.0. The third kappa shape index (κ3) is 4.10. The molecule has 4 rings (SSSR count). The average Bonchev–Trinajstić information content (AvgIpc) is 3.52. The highest BCUT2D eigenvalue weighted by atomic mass is 19.1. The Morgan fingerprint density at radius 1 is 0.852 bits per heavy atom. The number of hydrogen-bond donors (Lipinski definition) is 1. The van der Waals surface area contributed by atoms with Crippen molar-refractivity contribution in [1.82, 2.24) is 10.2 Å². The normalized spacial score (nSPS) is 16.9. The first-order chi connectivity index (χ1) is 13.1. The summed E-state index contributed by atoms with van der Waals surface area (Å²) in [5.74, 6) is -0.353. The van der Waals surface area contributed by atoms with Crippen molar-refractivity contribution in [2.24, 2.45) is 0 Å². The molecule has 1 saturated carbocycles. The quantitative estimate of drug-likeness (QED) is 0.904. The highest BCUT2D eigenvalue weighted by Crippen LogP contribution is 2.20. The molecule has 2 amide bonds. The van der Waals surface area contributed by atoms with Gasteiger partial charge in [0.2, 0.25) is 0 Å².